The maximum Gasteiger partial charge on any atom is 0.254 e. The molecule has 6 nitrogen and oxygen atoms in total. The Morgan fingerprint density at radius 3 is 2.61 bits per heavy atom. The molecule has 0 bridgehead atoms. The number of hydrogen-bond donors (Lipinski definition) is 0. The molecule has 0 saturated heterocycles. The third kappa shape index (κ3) is 3.68. The summed E-state index contributed by atoms with van der Waals surface area (Å²) in [7, 11) is 0. The van der Waals surface area contributed by atoms with Crippen molar-refractivity contribution < 1.29 is 14.3 Å². The largest absolute Gasteiger partial charge is 0.454 e. The molecule has 6 heteroatoms. The van der Waals surface area contributed by atoms with Gasteiger partial charge in [-0.2, -0.15) is 0 Å². The molecule has 154 valence electrons. The van der Waals surface area contributed by atoms with Crippen LogP contribution in [0.5, 0.6) is 11.5 Å². The van der Waals surface area contributed by atoms with Crippen LogP contribution in [0.4, 0.5) is 0 Å². The van der Waals surface area contributed by atoms with Crippen molar-refractivity contribution in [3.63, 3.8) is 0 Å². The Balaban J connectivity index is 1.54. The number of para-hydroxylation sites is 1. The smallest absolute Gasteiger partial charge is 0.254 e. The van der Waals surface area contributed by atoms with E-state index in [1.54, 1.807) is 24.5 Å². The fourth-order valence-electron chi connectivity index (χ4n) is 3.86. The van der Waals surface area contributed by atoms with E-state index in [0.29, 0.717) is 29.1 Å². The van der Waals surface area contributed by atoms with Crippen molar-refractivity contribution >= 4 is 16.9 Å². The van der Waals surface area contributed by atoms with Crippen molar-refractivity contribution in [2.75, 3.05) is 6.79 Å². The first-order valence-corrected chi connectivity index (χ1v) is 10.1. The third-order valence-electron chi connectivity index (χ3n) is 5.55. The lowest BCUT2D eigenvalue weighted by Gasteiger charge is -2.30. The Morgan fingerprint density at radius 1 is 0.968 bits per heavy atom. The van der Waals surface area contributed by atoms with Gasteiger partial charge in [0, 0.05) is 23.5 Å². The normalized spacial score (nSPS) is 13.2. The van der Waals surface area contributed by atoms with Crippen LogP contribution >= 0.6 is 0 Å². The second kappa shape index (κ2) is 8.07. The minimum absolute atomic E-state index is 0.0829. The number of ether oxygens (including phenoxy) is 2. The molecule has 1 amide bonds. The molecule has 1 aliphatic heterocycles. The number of amides is 1. The Kier molecular flexibility index (Phi) is 4.96. The summed E-state index contributed by atoms with van der Waals surface area (Å²) in [6, 6.07) is 21.1. The summed E-state index contributed by atoms with van der Waals surface area (Å²) in [5.41, 5.74) is 3.99. The predicted molar refractivity (Wildman–Crippen MR) is 117 cm³/mol. The maximum absolute atomic E-state index is 13.7. The van der Waals surface area contributed by atoms with Crippen molar-refractivity contribution in [2.45, 2.75) is 19.5 Å². The predicted octanol–water partition coefficient (Wildman–Crippen LogP) is 4.76. The van der Waals surface area contributed by atoms with Gasteiger partial charge in [0.2, 0.25) is 6.79 Å². The van der Waals surface area contributed by atoms with Gasteiger partial charge in [-0.05, 0) is 36.8 Å². The van der Waals surface area contributed by atoms with E-state index < -0.39 is 0 Å². The van der Waals surface area contributed by atoms with E-state index in [2.05, 4.69) is 9.97 Å². The molecule has 0 fully saturated rings. The molecule has 0 radical (unpaired) electrons. The number of carbonyl (C=O) groups is 1. The topological polar surface area (TPSA) is 64.6 Å². The van der Waals surface area contributed by atoms with Gasteiger partial charge in [-0.3, -0.25) is 14.8 Å². The van der Waals surface area contributed by atoms with Crippen molar-refractivity contribution in [1.82, 2.24) is 14.9 Å². The summed E-state index contributed by atoms with van der Waals surface area (Å²) in [6.45, 7) is 2.62. The lowest BCUT2D eigenvalue weighted by atomic mass is 10.0. The third-order valence-corrected chi connectivity index (χ3v) is 5.55. The second-order valence-corrected chi connectivity index (χ2v) is 7.43. The van der Waals surface area contributed by atoms with E-state index in [0.717, 1.165) is 16.6 Å². The highest BCUT2D eigenvalue weighted by Gasteiger charge is 2.26. The molecule has 0 saturated carbocycles. The van der Waals surface area contributed by atoms with Gasteiger partial charge in [0.05, 0.1) is 23.6 Å². The second-order valence-electron chi connectivity index (χ2n) is 7.43. The first-order chi connectivity index (χ1) is 15.2. The minimum Gasteiger partial charge on any atom is -0.454 e. The van der Waals surface area contributed by atoms with Crippen LogP contribution in [0.2, 0.25) is 0 Å². The number of fused-ring (bicyclic) bond motifs is 2. The van der Waals surface area contributed by atoms with Gasteiger partial charge in [0.25, 0.3) is 5.91 Å². The molecule has 5 rings (SSSR count). The van der Waals surface area contributed by atoms with E-state index >= 15 is 0 Å². The van der Waals surface area contributed by atoms with Crippen molar-refractivity contribution in [1.29, 1.82) is 0 Å². The molecule has 0 spiro atoms. The Morgan fingerprint density at radius 2 is 1.77 bits per heavy atom. The molecular formula is C25H21N3O3. The Hall–Kier alpha value is -3.93. The summed E-state index contributed by atoms with van der Waals surface area (Å²) >= 11 is 0. The monoisotopic (exact) mass is 411 g/mol. The van der Waals surface area contributed by atoms with Crippen molar-refractivity contribution in [3.8, 4) is 11.5 Å². The van der Waals surface area contributed by atoms with E-state index in [1.807, 2.05) is 66.4 Å². The molecule has 2 heterocycles. The summed E-state index contributed by atoms with van der Waals surface area (Å²) in [4.78, 5) is 24.2. The van der Waals surface area contributed by atoms with Crippen molar-refractivity contribution in [3.05, 3.63) is 95.8 Å². The van der Waals surface area contributed by atoms with E-state index in [9.17, 15) is 4.79 Å². The fourth-order valence-corrected chi connectivity index (χ4v) is 3.86. The molecular weight excluding hydrogens is 390 g/mol. The van der Waals surface area contributed by atoms with Gasteiger partial charge in [-0.1, -0.05) is 42.5 Å². The van der Waals surface area contributed by atoms with Gasteiger partial charge < -0.3 is 14.4 Å². The molecule has 31 heavy (non-hydrogen) atoms. The van der Waals surface area contributed by atoms with E-state index in [1.165, 1.54) is 0 Å². The van der Waals surface area contributed by atoms with Crippen LogP contribution in [-0.4, -0.2) is 27.6 Å². The average molecular weight is 411 g/mol. The Bertz CT molecular complexity index is 1240. The molecule has 4 aromatic rings. The molecule has 3 aromatic carbocycles. The lowest BCUT2D eigenvalue weighted by Crippen LogP contribution is -2.33. The zero-order valence-corrected chi connectivity index (χ0v) is 17.1. The van der Waals surface area contributed by atoms with Crippen LogP contribution in [0.15, 0.2) is 79.1 Å². The molecule has 0 N–H and O–H groups in total. The van der Waals surface area contributed by atoms with Gasteiger partial charge in [-0.15, -0.1) is 0 Å². The summed E-state index contributed by atoms with van der Waals surface area (Å²) in [6.07, 6.45) is 3.28. The highest BCUT2D eigenvalue weighted by molar-refractivity contribution is 5.97. The average Bonchev–Trinajstić information content (AvgIpc) is 3.32. The van der Waals surface area contributed by atoms with Gasteiger partial charge in [-0.25, -0.2) is 0 Å². The number of benzene rings is 3. The van der Waals surface area contributed by atoms with Crippen LogP contribution < -0.4 is 9.47 Å². The summed E-state index contributed by atoms with van der Waals surface area (Å²) in [5.74, 6) is 1.32. The summed E-state index contributed by atoms with van der Waals surface area (Å²) in [5, 5.41) is 0. The number of rotatable bonds is 5. The fraction of sp³-hybridized carbons (Fsp3) is 0.160. The molecule has 1 aliphatic rings. The molecule has 1 atom stereocenters. The number of hydrogen-bond acceptors (Lipinski definition) is 5. The van der Waals surface area contributed by atoms with E-state index in [4.69, 9.17) is 9.47 Å². The zero-order chi connectivity index (χ0) is 21.2. The van der Waals surface area contributed by atoms with Crippen LogP contribution in [0.3, 0.4) is 0 Å². The SMILES string of the molecule is C[C@H](c1ccccc1)N(Cc1cccc2c1OCO2)C(=O)c1ccc2nccnc2c1. The zero-order valence-electron chi connectivity index (χ0n) is 17.1. The first kappa shape index (κ1) is 19.1. The number of aromatic nitrogens is 2. The summed E-state index contributed by atoms with van der Waals surface area (Å²) < 4.78 is 11.2. The molecule has 1 aromatic heterocycles. The van der Waals surface area contributed by atoms with Gasteiger partial charge >= 0.3 is 0 Å². The Labute approximate surface area is 180 Å². The lowest BCUT2D eigenvalue weighted by molar-refractivity contribution is 0.0672. The van der Waals surface area contributed by atoms with Crippen LogP contribution in [-0.2, 0) is 6.54 Å². The standard InChI is InChI=1S/C25H21N3O3/c1-17(18-6-3-2-4-7-18)28(15-20-8-5-9-23-24(20)31-16-30-23)25(29)19-10-11-21-22(14-19)27-13-12-26-21/h2-14,17H,15-16H2,1H3/t17-/m1/s1. The quantitative estimate of drug-likeness (QED) is 0.474. The minimum atomic E-state index is -0.149. The van der Waals surface area contributed by atoms with Gasteiger partial charge in [0.15, 0.2) is 11.5 Å². The van der Waals surface area contributed by atoms with Gasteiger partial charge in [0.1, 0.15) is 0 Å². The number of nitrogens with zero attached hydrogens (tertiary/aromatic N) is 3. The van der Waals surface area contributed by atoms with Crippen molar-refractivity contribution in [2.24, 2.45) is 0 Å². The highest BCUT2D eigenvalue weighted by Crippen LogP contribution is 2.37. The van der Waals surface area contributed by atoms with Crippen LogP contribution in [0, 0.1) is 0 Å². The van der Waals surface area contributed by atoms with Crippen LogP contribution in [0.25, 0.3) is 11.0 Å². The van der Waals surface area contributed by atoms with E-state index in [-0.39, 0.29) is 18.7 Å². The van der Waals surface area contributed by atoms with Crippen LogP contribution in [0.1, 0.15) is 34.5 Å². The highest BCUT2D eigenvalue weighted by atomic mass is 16.7. The first-order valence-electron chi connectivity index (χ1n) is 10.1. The molecule has 0 aliphatic carbocycles. The molecule has 0 unspecified atom stereocenters. The maximum atomic E-state index is 13.7. The number of carbonyl (C=O) groups excluding carboxylic acids is 1.